The predicted molar refractivity (Wildman–Crippen MR) is 84.8 cm³/mol. The lowest BCUT2D eigenvalue weighted by molar-refractivity contribution is 0.102. The summed E-state index contributed by atoms with van der Waals surface area (Å²) in [5.41, 5.74) is 2.21. The van der Waals surface area contributed by atoms with Crippen molar-refractivity contribution in [3.63, 3.8) is 0 Å². The highest BCUT2D eigenvalue weighted by molar-refractivity contribution is 9.10. The van der Waals surface area contributed by atoms with E-state index in [0.717, 1.165) is 10.0 Å². The number of aryl methyl sites for hydroxylation is 1. The minimum Gasteiger partial charge on any atom is -0.495 e. The van der Waals surface area contributed by atoms with Crippen LogP contribution in [-0.4, -0.2) is 13.0 Å². The molecule has 0 radical (unpaired) electrons. The second-order valence-corrected chi connectivity index (χ2v) is 5.44. The number of hydrogen-bond donors (Lipinski definition) is 1. The van der Waals surface area contributed by atoms with Crippen molar-refractivity contribution in [3.8, 4) is 5.75 Å². The van der Waals surface area contributed by atoms with Crippen molar-refractivity contribution in [2.75, 3.05) is 12.4 Å². The highest BCUT2D eigenvalue weighted by Gasteiger charge is 2.12. The summed E-state index contributed by atoms with van der Waals surface area (Å²) in [6, 6.07) is 10.6. The first-order chi connectivity index (χ1) is 9.52. The molecule has 0 aromatic heterocycles. The standard InChI is InChI=1S/C15H13BrClNO2/c1-9-4-3-5-11(14(9)16)15(19)18-10-6-7-13(20-2)12(17)8-10/h3-8H,1-2H3,(H,18,19). The lowest BCUT2D eigenvalue weighted by atomic mass is 10.1. The third-order valence-electron chi connectivity index (χ3n) is 2.85. The molecule has 0 aliphatic carbocycles. The zero-order valence-electron chi connectivity index (χ0n) is 11.0. The normalized spacial score (nSPS) is 10.2. The molecule has 1 amide bonds. The van der Waals surface area contributed by atoms with Gasteiger partial charge in [-0.05, 0) is 52.7 Å². The molecule has 104 valence electrons. The number of anilines is 1. The van der Waals surface area contributed by atoms with Gasteiger partial charge in [0.1, 0.15) is 5.75 Å². The fourth-order valence-corrected chi connectivity index (χ4v) is 2.47. The molecule has 0 aliphatic heterocycles. The molecule has 5 heteroatoms. The van der Waals surface area contributed by atoms with E-state index in [4.69, 9.17) is 16.3 Å². The van der Waals surface area contributed by atoms with Crippen LogP contribution in [0.1, 0.15) is 15.9 Å². The van der Waals surface area contributed by atoms with Crippen LogP contribution in [0.25, 0.3) is 0 Å². The van der Waals surface area contributed by atoms with Gasteiger partial charge in [-0.25, -0.2) is 0 Å². The number of carbonyl (C=O) groups excluding carboxylic acids is 1. The van der Waals surface area contributed by atoms with Crippen molar-refractivity contribution >= 4 is 39.1 Å². The van der Waals surface area contributed by atoms with Gasteiger partial charge in [0.25, 0.3) is 5.91 Å². The number of ether oxygens (including phenoxy) is 1. The summed E-state index contributed by atoms with van der Waals surface area (Å²) in [6.45, 7) is 1.94. The topological polar surface area (TPSA) is 38.3 Å². The monoisotopic (exact) mass is 353 g/mol. The molecule has 0 saturated carbocycles. The Kier molecular flexibility index (Phi) is 4.68. The van der Waals surface area contributed by atoms with Crippen LogP contribution in [0.15, 0.2) is 40.9 Å². The lowest BCUT2D eigenvalue weighted by Gasteiger charge is -2.10. The van der Waals surface area contributed by atoms with Gasteiger partial charge in [0.15, 0.2) is 0 Å². The van der Waals surface area contributed by atoms with E-state index in [2.05, 4.69) is 21.2 Å². The van der Waals surface area contributed by atoms with Crippen molar-refractivity contribution in [2.45, 2.75) is 6.92 Å². The number of amides is 1. The van der Waals surface area contributed by atoms with E-state index in [1.165, 1.54) is 0 Å². The Labute approximate surface area is 131 Å². The molecule has 0 spiro atoms. The minimum absolute atomic E-state index is 0.193. The summed E-state index contributed by atoms with van der Waals surface area (Å²) in [5.74, 6) is 0.378. The molecule has 2 aromatic carbocycles. The molecule has 0 saturated heterocycles. The fraction of sp³-hybridized carbons (Fsp3) is 0.133. The lowest BCUT2D eigenvalue weighted by Crippen LogP contribution is -2.13. The van der Waals surface area contributed by atoms with E-state index in [0.29, 0.717) is 22.0 Å². The molecule has 3 nitrogen and oxygen atoms in total. The van der Waals surface area contributed by atoms with E-state index in [9.17, 15) is 4.79 Å². The number of carbonyl (C=O) groups is 1. The van der Waals surface area contributed by atoms with Crippen LogP contribution in [0.5, 0.6) is 5.75 Å². The van der Waals surface area contributed by atoms with Crippen LogP contribution in [0, 0.1) is 6.92 Å². The Bertz CT molecular complexity index is 658. The van der Waals surface area contributed by atoms with E-state index in [1.54, 1.807) is 31.4 Å². The van der Waals surface area contributed by atoms with Gasteiger partial charge < -0.3 is 10.1 Å². The van der Waals surface area contributed by atoms with E-state index >= 15 is 0 Å². The fourth-order valence-electron chi connectivity index (χ4n) is 1.77. The maximum absolute atomic E-state index is 12.2. The molecule has 0 bridgehead atoms. The van der Waals surface area contributed by atoms with E-state index in [1.807, 2.05) is 19.1 Å². The summed E-state index contributed by atoms with van der Waals surface area (Å²) in [4.78, 5) is 12.2. The third kappa shape index (κ3) is 3.14. The first kappa shape index (κ1) is 14.9. The number of rotatable bonds is 3. The maximum Gasteiger partial charge on any atom is 0.256 e. The Morgan fingerprint density at radius 3 is 2.70 bits per heavy atom. The molecule has 0 aliphatic rings. The van der Waals surface area contributed by atoms with Crippen molar-refractivity contribution in [1.82, 2.24) is 0 Å². The predicted octanol–water partition coefficient (Wildman–Crippen LogP) is 4.67. The van der Waals surface area contributed by atoms with Crippen molar-refractivity contribution in [2.24, 2.45) is 0 Å². The molecular weight excluding hydrogens is 342 g/mol. The smallest absolute Gasteiger partial charge is 0.256 e. The minimum atomic E-state index is -0.193. The largest absolute Gasteiger partial charge is 0.495 e. The number of benzene rings is 2. The van der Waals surface area contributed by atoms with Gasteiger partial charge in [0, 0.05) is 10.2 Å². The highest BCUT2D eigenvalue weighted by Crippen LogP contribution is 2.28. The first-order valence-electron chi connectivity index (χ1n) is 5.93. The number of nitrogens with one attached hydrogen (secondary N) is 1. The Morgan fingerprint density at radius 2 is 2.05 bits per heavy atom. The Balaban J connectivity index is 2.24. The van der Waals surface area contributed by atoms with Gasteiger partial charge in [-0.15, -0.1) is 0 Å². The molecule has 2 aromatic rings. The number of hydrogen-bond acceptors (Lipinski definition) is 2. The zero-order chi connectivity index (χ0) is 14.7. The second-order valence-electron chi connectivity index (χ2n) is 4.24. The molecule has 20 heavy (non-hydrogen) atoms. The van der Waals surface area contributed by atoms with Crippen LogP contribution in [-0.2, 0) is 0 Å². The molecule has 2 rings (SSSR count). The van der Waals surface area contributed by atoms with Gasteiger partial charge in [0.2, 0.25) is 0 Å². The quantitative estimate of drug-likeness (QED) is 0.869. The van der Waals surface area contributed by atoms with Crippen molar-refractivity contribution < 1.29 is 9.53 Å². The number of methoxy groups -OCH3 is 1. The third-order valence-corrected chi connectivity index (χ3v) is 4.19. The van der Waals surface area contributed by atoms with Gasteiger partial charge in [-0.2, -0.15) is 0 Å². The Hall–Kier alpha value is -1.52. The molecule has 1 N–H and O–H groups in total. The summed E-state index contributed by atoms with van der Waals surface area (Å²) < 4.78 is 5.86. The van der Waals surface area contributed by atoms with Gasteiger partial charge >= 0.3 is 0 Å². The summed E-state index contributed by atoms with van der Waals surface area (Å²) >= 11 is 9.45. The summed E-state index contributed by atoms with van der Waals surface area (Å²) in [6.07, 6.45) is 0. The van der Waals surface area contributed by atoms with Crippen molar-refractivity contribution in [1.29, 1.82) is 0 Å². The highest BCUT2D eigenvalue weighted by atomic mass is 79.9. The Morgan fingerprint density at radius 1 is 1.30 bits per heavy atom. The first-order valence-corrected chi connectivity index (χ1v) is 7.10. The molecule has 0 unspecified atom stereocenters. The SMILES string of the molecule is COc1ccc(NC(=O)c2cccc(C)c2Br)cc1Cl. The van der Waals surface area contributed by atoms with Crippen molar-refractivity contribution in [3.05, 3.63) is 57.0 Å². The summed E-state index contributed by atoms with van der Waals surface area (Å²) in [7, 11) is 1.54. The van der Waals surface area contributed by atoms with Crippen LogP contribution in [0.4, 0.5) is 5.69 Å². The van der Waals surface area contributed by atoms with Crippen LogP contribution < -0.4 is 10.1 Å². The maximum atomic E-state index is 12.2. The molecule has 0 atom stereocenters. The zero-order valence-corrected chi connectivity index (χ0v) is 13.4. The van der Waals surface area contributed by atoms with Gasteiger partial charge in [-0.3, -0.25) is 4.79 Å². The van der Waals surface area contributed by atoms with Gasteiger partial charge in [0.05, 0.1) is 17.7 Å². The average molecular weight is 355 g/mol. The molecule has 0 heterocycles. The second kappa shape index (κ2) is 6.29. The van der Waals surface area contributed by atoms with Crippen LogP contribution in [0.3, 0.4) is 0 Å². The molecular formula is C15H13BrClNO2. The number of halogens is 2. The van der Waals surface area contributed by atoms with E-state index < -0.39 is 0 Å². The van der Waals surface area contributed by atoms with Crippen LogP contribution in [0.2, 0.25) is 5.02 Å². The van der Waals surface area contributed by atoms with Crippen LogP contribution >= 0.6 is 27.5 Å². The van der Waals surface area contributed by atoms with Gasteiger partial charge in [-0.1, -0.05) is 23.7 Å². The average Bonchev–Trinajstić information content (AvgIpc) is 2.42. The summed E-state index contributed by atoms with van der Waals surface area (Å²) in [5, 5.41) is 3.26. The molecule has 0 fully saturated rings. The van der Waals surface area contributed by atoms with E-state index in [-0.39, 0.29) is 5.91 Å².